The third kappa shape index (κ3) is 4.40. The fourth-order valence-electron chi connectivity index (χ4n) is 1.44. The third-order valence-corrected chi connectivity index (χ3v) is 3.19. The lowest BCUT2D eigenvalue weighted by atomic mass is 10.1. The summed E-state index contributed by atoms with van der Waals surface area (Å²) in [4.78, 5) is 28.3. The van der Waals surface area contributed by atoms with E-state index < -0.39 is 11.5 Å². The molecule has 0 radical (unpaired) electrons. The Morgan fingerprint density at radius 1 is 1.44 bits per heavy atom. The van der Waals surface area contributed by atoms with Gasteiger partial charge in [-0.2, -0.15) is 4.98 Å². The molecule has 0 aliphatic carbocycles. The van der Waals surface area contributed by atoms with E-state index in [1.54, 1.807) is 0 Å². The fraction of sp³-hybridized carbons (Fsp3) is 0.545. The Labute approximate surface area is 108 Å². The molecule has 0 saturated carbocycles. The molecule has 7 heteroatoms. The molecule has 0 unspecified atom stereocenters. The maximum atomic E-state index is 11.7. The maximum absolute atomic E-state index is 11.7. The smallest absolute Gasteiger partial charge is 0.313 e. The lowest BCUT2D eigenvalue weighted by molar-refractivity contribution is -0.133. The molecule has 0 aliphatic rings. The molecule has 0 aliphatic heterocycles. The number of aromatic hydroxyl groups is 1. The second-order valence-electron chi connectivity index (χ2n) is 3.81. The number of aliphatic carboxylic acids is 1. The summed E-state index contributed by atoms with van der Waals surface area (Å²) in [6.07, 6.45) is 3.30. The molecule has 0 bridgehead atoms. The summed E-state index contributed by atoms with van der Waals surface area (Å²) in [7, 11) is 0. The van der Waals surface area contributed by atoms with Crippen LogP contribution >= 0.6 is 11.8 Å². The number of carboxylic acid groups (broad SMARTS) is 1. The molecule has 0 saturated heterocycles. The standard InChI is InChI=1S/C11H16N2O4S/c1-2-3-4-5-7-9(16)12-11(13-10(7)17)18-6-8(14)15/h2-6H2,1H3,(H,14,15)(H2,12,13,16,17). The number of carbonyl (C=O) groups is 1. The Morgan fingerprint density at radius 2 is 2.17 bits per heavy atom. The Morgan fingerprint density at radius 3 is 2.72 bits per heavy atom. The van der Waals surface area contributed by atoms with Crippen molar-refractivity contribution in [3.8, 4) is 5.88 Å². The first-order chi connectivity index (χ1) is 8.54. The molecule has 0 atom stereocenters. The van der Waals surface area contributed by atoms with Crippen LogP contribution in [-0.2, 0) is 11.2 Å². The number of aromatic nitrogens is 2. The van der Waals surface area contributed by atoms with E-state index in [2.05, 4.69) is 9.97 Å². The first-order valence-corrected chi connectivity index (χ1v) is 6.70. The summed E-state index contributed by atoms with van der Waals surface area (Å²) < 4.78 is 0. The minimum Gasteiger partial charge on any atom is -0.493 e. The molecular formula is C11H16N2O4S. The van der Waals surface area contributed by atoms with Crippen LogP contribution in [0.3, 0.4) is 0 Å². The van der Waals surface area contributed by atoms with Crippen LogP contribution in [0.25, 0.3) is 0 Å². The summed E-state index contributed by atoms with van der Waals surface area (Å²) in [6, 6.07) is 0. The average molecular weight is 272 g/mol. The van der Waals surface area contributed by atoms with Crippen molar-refractivity contribution in [2.75, 3.05) is 5.75 Å². The molecule has 0 aromatic carbocycles. The highest BCUT2D eigenvalue weighted by molar-refractivity contribution is 7.99. The van der Waals surface area contributed by atoms with E-state index in [9.17, 15) is 14.7 Å². The van der Waals surface area contributed by atoms with Gasteiger partial charge in [0.05, 0.1) is 11.3 Å². The minimum absolute atomic E-state index is 0.124. The van der Waals surface area contributed by atoms with Gasteiger partial charge in [-0.1, -0.05) is 31.5 Å². The second kappa shape index (κ2) is 7.05. The topological polar surface area (TPSA) is 103 Å². The van der Waals surface area contributed by atoms with Crippen molar-refractivity contribution in [2.45, 2.75) is 37.8 Å². The van der Waals surface area contributed by atoms with E-state index >= 15 is 0 Å². The van der Waals surface area contributed by atoms with Gasteiger partial charge in [-0.05, 0) is 12.8 Å². The summed E-state index contributed by atoms with van der Waals surface area (Å²) >= 11 is 0.868. The van der Waals surface area contributed by atoms with Crippen LogP contribution < -0.4 is 5.56 Å². The number of nitrogens with zero attached hydrogens (tertiary/aromatic N) is 1. The van der Waals surface area contributed by atoms with Crippen molar-refractivity contribution in [1.82, 2.24) is 9.97 Å². The van der Waals surface area contributed by atoms with Crippen LogP contribution in [0.1, 0.15) is 31.7 Å². The van der Waals surface area contributed by atoms with Gasteiger partial charge in [0.2, 0.25) is 5.88 Å². The molecule has 1 heterocycles. The monoisotopic (exact) mass is 272 g/mol. The number of carboxylic acids is 1. The van der Waals surface area contributed by atoms with E-state index in [1.165, 1.54) is 0 Å². The van der Waals surface area contributed by atoms with E-state index in [1.807, 2.05) is 6.92 Å². The third-order valence-electron chi connectivity index (χ3n) is 2.33. The van der Waals surface area contributed by atoms with Gasteiger partial charge in [0.1, 0.15) is 0 Å². The Hall–Kier alpha value is -1.50. The van der Waals surface area contributed by atoms with E-state index in [0.717, 1.165) is 31.0 Å². The highest BCUT2D eigenvalue weighted by atomic mass is 32.2. The van der Waals surface area contributed by atoms with Crippen LogP contribution in [0.15, 0.2) is 9.95 Å². The average Bonchev–Trinajstić information content (AvgIpc) is 2.30. The van der Waals surface area contributed by atoms with Gasteiger partial charge in [-0.15, -0.1) is 0 Å². The zero-order chi connectivity index (χ0) is 13.5. The van der Waals surface area contributed by atoms with Gasteiger partial charge in [-0.3, -0.25) is 9.59 Å². The zero-order valence-electron chi connectivity index (χ0n) is 10.1. The molecule has 100 valence electrons. The number of rotatable bonds is 7. The number of unbranched alkanes of at least 4 members (excludes halogenated alkanes) is 2. The van der Waals surface area contributed by atoms with Crippen LogP contribution in [0.5, 0.6) is 5.88 Å². The molecule has 1 rings (SSSR count). The van der Waals surface area contributed by atoms with Gasteiger partial charge in [0, 0.05) is 0 Å². The van der Waals surface area contributed by atoms with E-state index in [-0.39, 0.29) is 22.4 Å². The van der Waals surface area contributed by atoms with Crippen molar-refractivity contribution in [3.05, 3.63) is 15.9 Å². The first kappa shape index (κ1) is 14.6. The lowest BCUT2D eigenvalue weighted by Gasteiger charge is -2.04. The van der Waals surface area contributed by atoms with Crippen molar-refractivity contribution in [2.24, 2.45) is 0 Å². The summed E-state index contributed by atoms with van der Waals surface area (Å²) in [5, 5.41) is 18.3. The Kier molecular flexibility index (Phi) is 5.70. The number of thioether (sulfide) groups is 1. The van der Waals surface area contributed by atoms with Crippen LogP contribution in [0.4, 0.5) is 0 Å². The zero-order valence-corrected chi connectivity index (χ0v) is 10.9. The van der Waals surface area contributed by atoms with Crippen molar-refractivity contribution < 1.29 is 15.0 Å². The molecular weight excluding hydrogens is 256 g/mol. The van der Waals surface area contributed by atoms with Gasteiger partial charge in [0.25, 0.3) is 5.56 Å². The molecule has 1 aromatic heterocycles. The summed E-state index contributed by atoms with van der Waals surface area (Å²) in [6.45, 7) is 2.05. The van der Waals surface area contributed by atoms with E-state index in [4.69, 9.17) is 5.11 Å². The number of hydrogen-bond acceptors (Lipinski definition) is 5. The van der Waals surface area contributed by atoms with Gasteiger partial charge < -0.3 is 15.2 Å². The van der Waals surface area contributed by atoms with Crippen molar-refractivity contribution in [3.63, 3.8) is 0 Å². The quantitative estimate of drug-likeness (QED) is 0.393. The van der Waals surface area contributed by atoms with Gasteiger partial charge in [-0.25, -0.2) is 0 Å². The molecule has 0 fully saturated rings. The molecule has 6 nitrogen and oxygen atoms in total. The van der Waals surface area contributed by atoms with E-state index in [0.29, 0.717) is 6.42 Å². The maximum Gasteiger partial charge on any atom is 0.313 e. The molecule has 0 amide bonds. The van der Waals surface area contributed by atoms with Crippen molar-refractivity contribution >= 4 is 17.7 Å². The fourth-order valence-corrected chi connectivity index (χ4v) is 2.02. The van der Waals surface area contributed by atoms with Gasteiger partial charge >= 0.3 is 5.97 Å². The predicted molar refractivity (Wildman–Crippen MR) is 68.1 cm³/mol. The molecule has 18 heavy (non-hydrogen) atoms. The molecule has 3 N–H and O–H groups in total. The molecule has 0 spiro atoms. The number of nitrogens with one attached hydrogen (secondary N) is 1. The highest BCUT2D eigenvalue weighted by Gasteiger charge is 2.11. The highest BCUT2D eigenvalue weighted by Crippen LogP contribution is 2.17. The van der Waals surface area contributed by atoms with Crippen molar-refractivity contribution in [1.29, 1.82) is 0 Å². The number of aromatic amines is 1. The normalized spacial score (nSPS) is 10.5. The van der Waals surface area contributed by atoms with Crippen LogP contribution in [0.2, 0.25) is 0 Å². The SMILES string of the molecule is CCCCCc1c(O)nc(SCC(=O)O)[nH]c1=O. The summed E-state index contributed by atoms with van der Waals surface area (Å²) in [5.41, 5.74) is -0.130. The van der Waals surface area contributed by atoms with Crippen LogP contribution in [-0.4, -0.2) is 31.9 Å². The minimum atomic E-state index is -1.01. The lowest BCUT2D eigenvalue weighted by Crippen LogP contribution is -2.15. The largest absolute Gasteiger partial charge is 0.493 e. The van der Waals surface area contributed by atoms with Gasteiger partial charge in [0.15, 0.2) is 5.16 Å². The Bertz CT molecular complexity index is 473. The second-order valence-corrected chi connectivity index (χ2v) is 4.78. The number of hydrogen-bond donors (Lipinski definition) is 3. The van der Waals surface area contributed by atoms with Crippen LogP contribution in [0, 0.1) is 0 Å². The molecule has 1 aromatic rings. The predicted octanol–water partition coefficient (Wildman–Crippen LogP) is 1.38. The number of H-pyrrole nitrogens is 1. The first-order valence-electron chi connectivity index (χ1n) is 5.71. The summed E-state index contributed by atoms with van der Waals surface area (Å²) in [5.74, 6) is -1.52. The Balaban J connectivity index is 2.77.